The summed E-state index contributed by atoms with van der Waals surface area (Å²) in [6.07, 6.45) is 1.43. The van der Waals surface area contributed by atoms with Crippen molar-refractivity contribution in [2.24, 2.45) is 5.92 Å². The molecule has 130 valence electrons. The van der Waals surface area contributed by atoms with Crippen LogP contribution in [0.25, 0.3) is 0 Å². The number of para-hydroxylation sites is 1. The zero-order chi connectivity index (χ0) is 17.5. The van der Waals surface area contributed by atoms with Crippen LogP contribution >= 0.6 is 0 Å². The third-order valence-corrected chi connectivity index (χ3v) is 3.56. The Balaban J connectivity index is 2.96. The van der Waals surface area contributed by atoms with Crippen molar-refractivity contribution in [3.63, 3.8) is 0 Å². The highest BCUT2D eigenvalue weighted by molar-refractivity contribution is 7.86. The van der Waals surface area contributed by atoms with Gasteiger partial charge in [-0.1, -0.05) is 32.0 Å². The second-order valence-electron chi connectivity index (χ2n) is 5.80. The van der Waals surface area contributed by atoms with Crippen molar-refractivity contribution in [2.75, 3.05) is 26.5 Å². The van der Waals surface area contributed by atoms with Crippen LogP contribution in [0.1, 0.15) is 25.8 Å². The van der Waals surface area contributed by atoms with E-state index in [2.05, 4.69) is 0 Å². The first-order valence-corrected chi connectivity index (χ1v) is 9.28. The van der Waals surface area contributed by atoms with Gasteiger partial charge in [0.15, 0.2) is 0 Å². The molecular weight excluding hydrogens is 318 g/mol. The molecule has 0 unspecified atom stereocenters. The topological polar surface area (TPSA) is 72.9 Å². The minimum Gasteiger partial charge on any atom is -0.383 e. The van der Waals surface area contributed by atoms with Crippen LogP contribution in [0.2, 0.25) is 0 Å². The first-order valence-electron chi connectivity index (χ1n) is 7.47. The number of hydrogen-bond donors (Lipinski definition) is 0. The van der Waals surface area contributed by atoms with Gasteiger partial charge in [-0.25, -0.2) is 0 Å². The quantitative estimate of drug-likeness (QED) is 0.642. The second-order valence-corrected chi connectivity index (χ2v) is 7.38. The Hall–Kier alpha value is -1.60. The molecule has 0 aliphatic heterocycles. The summed E-state index contributed by atoms with van der Waals surface area (Å²) in [5.41, 5.74) is 0.645. The summed E-state index contributed by atoms with van der Waals surface area (Å²) >= 11 is 0. The van der Waals surface area contributed by atoms with Crippen molar-refractivity contribution >= 4 is 16.0 Å². The van der Waals surface area contributed by atoms with Gasteiger partial charge in [0.05, 0.1) is 12.9 Å². The number of carbonyl (C=O) groups excluding carboxylic acids is 1. The van der Waals surface area contributed by atoms with Crippen LogP contribution in [0.5, 0.6) is 5.75 Å². The lowest BCUT2D eigenvalue weighted by Crippen LogP contribution is -2.34. The van der Waals surface area contributed by atoms with Gasteiger partial charge >= 0.3 is 10.1 Å². The van der Waals surface area contributed by atoms with E-state index in [0.717, 1.165) is 6.26 Å². The molecule has 0 aliphatic carbocycles. The van der Waals surface area contributed by atoms with Crippen LogP contribution in [-0.4, -0.2) is 45.7 Å². The Morgan fingerprint density at radius 3 is 2.48 bits per heavy atom. The molecule has 0 heterocycles. The third-order valence-electron chi connectivity index (χ3n) is 3.08. The van der Waals surface area contributed by atoms with E-state index in [-0.39, 0.29) is 24.1 Å². The zero-order valence-corrected chi connectivity index (χ0v) is 14.9. The highest BCUT2D eigenvalue weighted by Crippen LogP contribution is 2.22. The molecule has 0 radical (unpaired) electrons. The standard InChI is InChI=1S/C16H25NO5S/c1-13(2)11-16(18)17(9-10-21-3)12-14-7-5-6-8-15(14)22-23(4,19)20/h5-8,13H,9-12H2,1-4H3. The van der Waals surface area contributed by atoms with E-state index in [9.17, 15) is 13.2 Å². The molecule has 23 heavy (non-hydrogen) atoms. The monoisotopic (exact) mass is 343 g/mol. The molecular formula is C16H25NO5S. The van der Waals surface area contributed by atoms with Gasteiger partial charge in [-0.15, -0.1) is 0 Å². The number of rotatable bonds is 9. The van der Waals surface area contributed by atoms with Gasteiger partial charge < -0.3 is 13.8 Å². The van der Waals surface area contributed by atoms with Gasteiger partial charge in [0.2, 0.25) is 5.91 Å². The fraction of sp³-hybridized carbons (Fsp3) is 0.562. The Labute approximate surface area is 138 Å². The minimum atomic E-state index is -3.62. The lowest BCUT2D eigenvalue weighted by Gasteiger charge is -2.24. The van der Waals surface area contributed by atoms with Gasteiger partial charge in [0.1, 0.15) is 5.75 Å². The number of methoxy groups -OCH3 is 1. The molecule has 0 bridgehead atoms. The van der Waals surface area contributed by atoms with Crippen molar-refractivity contribution in [3.8, 4) is 5.75 Å². The van der Waals surface area contributed by atoms with Crippen LogP contribution in [0.3, 0.4) is 0 Å². The van der Waals surface area contributed by atoms with Crippen molar-refractivity contribution in [1.29, 1.82) is 0 Å². The molecule has 1 aromatic rings. The van der Waals surface area contributed by atoms with Gasteiger partial charge in [-0.05, 0) is 12.0 Å². The molecule has 6 nitrogen and oxygen atoms in total. The molecule has 0 saturated heterocycles. The number of carbonyl (C=O) groups is 1. The van der Waals surface area contributed by atoms with E-state index in [4.69, 9.17) is 8.92 Å². The molecule has 1 rings (SSSR count). The summed E-state index contributed by atoms with van der Waals surface area (Å²) in [5.74, 6) is 0.496. The summed E-state index contributed by atoms with van der Waals surface area (Å²) in [7, 11) is -2.04. The van der Waals surface area contributed by atoms with Gasteiger partial charge in [-0.3, -0.25) is 4.79 Å². The highest BCUT2D eigenvalue weighted by Gasteiger charge is 2.18. The molecule has 0 fully saturated rings. The van der Waals surface area contributed by atoms with E-state index >= 15 is 0 Å². The predicted octanol–water partition coefficient (Wildman–Crippen LogP) is 2.05. The van der Waals surface area contributed by atoms with Crippen molar-refractivity contribution in [1.82, 2.24) is 4.90 Å². The minimum absolute atomic E-state index is 0.00575. The molecule has 0 spiro atoms. The first-order chi connectivity index (χ1) is 10.7. The largest absolute Gasteiger partial charge is 0.383 e. The van der Waals surface area contributed by atoms with Crippen LogP contribution in [0.15, 0.2) is 24.3 Å². The number of hydrogen-bond acceptors (Lipinski definition) is 5. The van der Waals surface area contributed by atoms with Crippen LogP contribution in [-0.2, 0) is 26.2 Å². The third kappa shape index (κ3) is 7.47. The lowest BCUT2D eigenvalue weighted by molar-refractivity contribution is -0.133. The Morgan fingerprint density at radius 2 is 1.91 bits per heavy atom. The summed E-state index contributed by atoms with van der Waals surface area (Å²) < 4.78 is 32.8. The lowest BCUT2D eigenvalue weighted by atomic mass is 10.1. The highest BCUT2D eigenvalue weighted by atomic mass is 32.2. The molecule has 0 aliphatic rings. The fourth-order valence-corrected chi connectivity index (χ4v) is 2.54. The second kappa shape index (κ2) is 8.88. The summed E-state index contributed by atoms with van der Waals surface area (Å²) in [6.45, 7) is 5.09. The molecule has 0 N–H and O–H groups in total. The van der Waals surface area contributed by atoms with Gasteiger partial charge in [-0.2, -0.15) is 8.42 Å². The molecule has 1 aromatic carbocycles. The maximum atomic E-state index is 12.4. The van der Waals surface area contributed by atoms with Crippen LogP contribution in [0.4, 0.5) is 0 Å². The summed E-state index contributed by atoms with van der Waals surface area (Å²) in [5, 5.41) is 0. The average molecular weight is 343 g/mol. The SMILES string of the molecule is COCCN(Cc1ccccc1OS(C)(=O)=O)C(=O)CC(C)C. The van der Waals surface area contributed by atoms with Crippen molar-refractivity contribution < 1.29 is 22.1 Å². The van der Waals surface area contributed by atoms with E-state index < -0.39 is 10.1 Å². The zero-order valence-electron chi connectivity index (χ0n) is 14.1. The van der Waals surface area contributed by atoms with E-state index in [1.807, 2.05) is 13.8 Å². The average Bonchev–Trinajstić information content (AvgIpc) is 2.42. The Kier molecular flexibility index (Phi) is 7.51. The van der Waals surface area contributed by atoms with Crippen molar-refractivity contribution in [2.45, 2.75) is 26.8 Å². The molecule has 0 aromatic heterocycles. The number of amides is 1. The van der Waals surface area contributed by atoms with E-state index in [0.29, 0.717) is 25.1 Å². The smallest absolute Gasteiger partial charge is 0.306 e. The predicted molar refractivity (Wildman–Crippen MR) is 88.7 cm³/mol. The van der Waals surface area contributed by atoms with Gasteiger partial charge in [0, 0.05) is 32.2 Å². The fourth-order valence-electron chi connectivity index (χ4n) is 2.06. The first kappa shape index (κ1) is 19.4. The summed E-state index contributed by atoms with van der Waals surface area (Å²) in [4.78, 5) is 14.0. The normalized spacial score (nSPS) is 11.5. The molecule has 0 atom stereocenters. The molecule has 7 heteroatoms. The maximum Gasteiger partial charge on any atom is 0.306 e. The number of ether oxygens (including phenoxy) is 1. The number of nitrogens with zero attached hydrogens (tertiary/aromatic N) is 1. The van der Waals surface area contributed by atoms with E-state index in [1.54, 1.807) is 36.3 Å². The Morgan fingerprint density at radius 1 is 1.26 bits per heavy atom. The Bertz CT molecular complexity index is 613. The van der Waals surface area contributed by atoms with Gasteiger partial charge in [0.25, 0.3) is 0 Å². The van der Waals surface area contributed by atoms with E-state index in [1.165, 1.54) is 0 Å². The number of benzene rings is 1. The van der Waals surface area contributed by atoms with Crippen LogP contribution in [0, 0.1) is 5.92 Å². The summed E-state index contributed by atoms with van der Waals surface area (Å²) in [6, 6.07) is 6.81. The van der Waals surface area contributed by atoms with Crippen molar-refractivity contribution in [3.05, 3.63) is 29.8 Å². The maximum absolute atomic E-state index is 12.4. The van der Waals surface area contributed by atoms with Crippen LogP contribution < -0.4 is 4.18 Å². The molecule has 0 saturated carbocycles. The molecule has 1 amide bonds.